The molecular weight excluding hydrogens is 312 g/mol. The van der Waals surface area contributed by atoms with Crippen LogP contribution in [0.3, 0.4) is 0 Å². The molecule has 2 unspecified atom stereocenters. The van der Waals surface area contributed by atoms with Gasteiger partial charge in [-0.1, -0.05) is 0 Å². The smallest absolute Gasteiger partial charge is 0.0564 e. The van der Waals surface area contributed by atoms with Gasteiger partial charge in [0, 0.05) is 34.4 Å². The van der Waals surface area contributed by atoms with Crippen LogP contribution in [0.2, 0.25) is 0 Å². The molecule has 5 heteroatoms. The number of rotatable bonds is 5. The third kappa shape index (κ3) is 3.14. The van der Waals surface area contributed by atoms with E-state index in [9.17, 15) is 0 Å². The first-order valence-corrected chi connectivity index (χ1v) is 7.95. The van der Waals surface area contributed by atoms with Crippen LogP contribution in [0.25, 0.3) is 0 Å². The van der Waals surface area contributed by atoms with E-state index in [4.69, 9.17) is 10.5 Å². The standard InChI is InChI=1S/C13H21BrN2OS/c1-9-11(14)5-13(18-9)12(6-15)16-4-3-10(7-16)8-17-2/h5,10,12H,3-4,6-8,15H2,1-2H3. The van der Waals surface area contributed by atoms with Crippen molar-refractivity contribution in [1.82, 2.24) is 4.90 Å². The van der Waals surface area contributed by atoms with Gasteiger partial charge in [0.1, 0.15) is 0 Å². The fourth-order valence-corrected chi connectivity index (χ4v) is 4.32. The van der Waals surface area contributed by atoms with Crippen molar-refractivity contribution < 1.29 is 4.74 Å². The molecule has 0 spiro atoms. The molecular formula is C13H21BrN2OS. The van der Waals surface area contributed by atoms with Crippen LogP contribution in [0.5, 0.6) is 0 Å². The van der Waals surface area contributed by atoms with Gasteiger partial charge in [0.25, 0.3) is 0 Å². The van der Waals surface area contributed by atoms with Crippen LogP contribution in [-0.2, 0) is 4.74 Å². The summed E-state index contributed by atoms with van der Waals surface area (Å²) in [5, 5.41) is 0. The average Bonchev–Trinajstić information content (AvgIpc) is 2.90. The van der Waals surface area contributed by atoms with Gasteiger partial charge in [-0.3, -0.25) is 4.90 Å². The minimum atomic E-state index is 0.363. The predicted molar refractivity (Wildman–Crippen MR) is 80.1 cm³/mol. The lowest BCUT2D eigenvalue weighted by Crippen LogP contribution is -2.31. The van der Waals surface area contributed by atoms with E-state index >= 15 is 0 Å². The number of halogens is 1. The number of hydrogen-bond donors (Lipinski definition) is 1. The molecule has 2 atom stereocenters. The number of methoxy groups -OCH3 is 1. The SMILES string of the molecule is COCC1CCN(C(CN)c2cc(Br)c(C)s2)C1. The van der Waals surface area contributed by atoms with Crippen molar-refractivity contribution >= 4 is 27.3 Å². The summed E-state index contributed by atoms with van der Waals surface area (Å²) in [6.45, 7) is 5.92. The fraction of sp³-hybridized carbons (Fsp3) is 0.692. The first-order valence-electron chi connectivity index (χ1n) is 6.34. The summed E-state index contributed by atoms with van der Waals surface area (Å²) in [4.78, 5) is 5.21. The topological polar surface area (TPSA) is 38.5 Å². The highest BCUT2D eigenvalue weighted by atomic mass is 79.9. The Balaban J connectivity index is 2.05. The summed E-state index contributed by atoms with van der Waals surface area (Å²) in [5.41, 5.74) is 5.98. The van der Waals surface area contributed by atoms with E-state index in [1.807, 2.05) is 11.3 Å². The lowest BCUT2D eigenvalue weighted by Gasteiger charge is -2.25. The third-order valence-electron chi connectivity index (χ3n) is 3.59. The first-order chi connectivity index (χ1) is 8.65. The van der Waals surface area contributed by atoms with E-state index in [1.54, 1.807) is 7.11 Å². The summed E-state index contributed by atoms with van der Waals surface area (Å²) in [7, 11) is 1.78. The summed E-state index contributed by atoms with van der Waals surface area (Å²) in [5.74, 6) is 0.661. The number of likely N-dealkylation sites (tertiary alicyclic amines) is 1. The highest BCUT2D eigenvalue weighted by Crippen LogP contribution is 2.35. The molecule has 102 valence electrons. The van der Waals surface area contributed by atoms with Crippen LogP contribution in [0, 0.1) is 12.8 Å². The molecule has 18 heavy (non-hydrogen) atoms. The Morgan fingerprint density at radius 2 is 2.44 bits per heavy atom. The summed E-state index contributed by atoms with van der Waals surface area (Å²) in [6, 6.07) is 2.59. The van der Waals surface area contributed by atoms with Crippen LogP contribution in [0.15, 0.2) is 10.5 Å². The quantitative estimate of drug-likeness (QED) is 0.901. The number of nitrogens with two attached hydrogens (primary N) is 1. The lowest BCUT2D eigenvalue weighted by atomic mass is 10.1. The molecule has 2 rings (SSSR count). The maximum absolute atomic E-state index is 5.98. The summed E-state index contributed by atoms with van der Waals surface area (Å²) in [6.07, 6.45) is 1.22. The molecule has 1 aliphatic rings. The van der Waals surface area contributed by atoms with Crippen molar-refractivity contribution in [2.45, 2.75) is 19.4 Å². The van der Waals surface area contributed by atoms with Crippen molar-refractivity contribution in [3.63, 3.8) is 0 Å². The molecule has 1 aliphatic heterocycles. The van der Waals surface area contributed by atoms with Crippen molar-refractivity contribution in [3.05, 3.63) is 20.3 Å². The highest BCUT2D eigenvalue weighted by Gasteiger charge is 2.29. The Labute approximate surface area is 121 Å². The fourth-order valence-electron chi connectivity index (χ4n) is 2.61. The molecule has 2 N–H and O–H groups in total. The van der Waals surface area contributed by atoms with E-state index < -0.39 is 0 Å². The lowest BCUT2D eigenvalue weighted by molar-refractivity contribution is 0.148. The summed E-state index contributed by atoms with van der Waals surface area (Å²) < 4.78 is 6.46. The molecule has 0 saturated carbocycles. The van der Waals surface area contributed by atoms with Gasteiger partial charge in [-0.2, -0.15) is 0 Å². The molecule has 0 bridgehead atoms. The predicted octanol–water partition coefficient (Wildman–Crippen LogP) is 2.79. The van der Waals surface area contributed by atoms with Gasteiger partial charge in [-0.15, -0.1) is 11.3 Å². The molecule has 0 aliphatic carbocycles. The Morgan fingerprint density at radius 3 is 3.00 bits per heavy atom. The minimum Gasteiger partial charge on any atom is -0.384 e. The summed E-state index contributed by atoms with van der Waals surface area (Å²) >= 11 is 5.44. The Hall–Kier alpha value is 0.0600. The van der Waals surface area contributed by atoms with Crippen LogP contribution in [0.1, 0.15) is 22.2 Å². The Morgan fingerprint density at radius 1 is 1.67 bits per heavy atom. The largest absolute Gasteiger partial charge is 0.384 e. The maximum atomic E-state index is 5.98. The van der Waals surface area contributed by atoms with Crippen LogP contribution >= 0.6 is 27.3 Å². The third-order valence-corrected chi connectivity index (χ3v) is 5.83. The molecule has 2 heterocycles. The van der Waals surface area contributed by atoms with Crippen molar-refractivity contribution in [2.24, 2.45) is 11.7 Å². The van der Waals surface area contributed by atoms with Gasteiger partial charge < -0.3 is 10.5 Å². The molecule has 1 aromatic heterocycles. The average molecular weight is 333 g/mol. The van der Waals surface area contributed by atoms with E-state index in [0.29, 0.717) is 18.5 Å². The van der Waals surface area contributed by atoms with E-state index in [2.05, 4.69) is 33.8 Å². The van der Waals surface area contributed by atoms with Crippen LogP contribution in [-0.4, -0.2) is 38.3 Å². The monoisotopic (exact) mass is 332 g/mol. The van der Waals surface area contributed by atoms with Gasteiger partial charge in [-0.05, 0) is 47.8 Å². The molecule has 0 radical (unpaired) electrons. The van der Waals surface area contributed by atoms with E-state index in [0.717, 1.165) is 19.7 Å². The van der Waals surface area contributed by atoms with Gasteiger partial charge in [0.2, 0.25) is 0 Å². The number of thiophene rings is 1. The zero-order chi connectivity index (χ0) is 13.1. The zero-order valence-electron chi connectivity index (χ0n) is 11.0. The van der Waals surface area contributed by atoms with E-state index in [1.165, 1.54) is 20.6 Å². The maximum Gasteiger partial charge on any atom is 0.0564 e. The van der Waals surface area contributed by atoms with Crippen molar-refractivity contribution in [3.8, 4) is 0 Å². The second-order valence-corrected chi connectivity index (χ2v) is 7.05. The van der Waals surface area contributed by atoms with Crippen LogP contribution in [0.4, 0.5) is 0 Å². The van der Waals surface area contributed by atoms with Gasteiger partial charge in [0.15, 0.2) is 0 Å². The molecule has 0 aromatic carbocycles. The Kier molecular flexibility index (Phi) is 5.21. The van der Waals surface area contributed by atoms with Crippen LogP contribution < -0.4 is 5.73 Å². The minimum absolute atomic E-state index is 0.363. The van der Waals surface area contributed by atoms with Gasteiger partial charge in [-0.25, -0.2) is 0 Å². The van der Waals surface area contributed by atoms with E-state index in [-0.39, 0.29) is 0 Å². The number of nitrogens with zero attached hydrogens (tertiary/aromatic N) is 1. The molecule has 1 fully saturated rings. The van der Waals surface area contributed by atoms with Gasteiger partial charge in [0.05, 0.1) is 12.6 Å². The van der Waals surface area contributed by atoms with Crippen molar-refractivity contribution in [2.75, 3.05) is 33.4 Å². The first kappa shape index (κ1) is 14.5. The zero-order valence-corrected chi connectivity index (χ0v) is 13.4. The normalized spacial score (nSPS) is 22.6. The molecule has 3 nitrogen and oxygen atoms in total. The number of ether oxygens (including phenoxy) is 1. The molecule has 0 amide bonds. The number of hydrogen-bond acceptors (Lipinski definition) is 4. The number of aryl methyl sites for hydroxylation is 1. The second-order valence-electron chi connectivity index (χ2n) is 4.91. The van der Waals surface area contributed by atoms with Gasteiger partial charge >= 0.3 is 0 Å². The van der Waals surface area contributed by atoms with Crippen molar-refractivity contribution in [1.29, 1.82) is 0 Å². The molecule has 1 aromatic rings. The highest BCUT2D eigenvalue weighted by molar-refractivity contribution is 9.10. The second kappa shape index (κ2) is 6.48. The Bertz CT molecular complexity index is 377. The molecule has 1 saturated heterocycles.